The lowest BCUT2D eigenvalue weighted by Crippen LogP contribution is -2.03. The van der Waals surface area contributed by atoms with E-state index in [1.54, 1.807) is 11.8 Å². The van der Waals surface area contributed by atoms with Gasteiger partial charge in [-0.2, -0.15) is 9.94 Å². The van der Waals surface area contributed by atoms with Crippen LogP contribution in [-0.4, -0.2) is 39.7 Å². The molecule has 0 unspecified atom stereocenters. The molecule has 0 aliphatic carbocycles. The van der Waals surface area contributed by atoms with Crippen molar-refractivity contribution in [1.29, 1.82) is 5.26 Å². The third-order valence-corrected chi connectivity index (χ3v) is 4.43. The summed E-state index contributed by atoms with van der Waals surface area (Å²) >= 11 is 1.52. The monoisotopic (exact) mass is 367 g/mol. The molecule has 0 amide bonds. The Morgan fingerprint density at radius 2 is 1.81 bits per heavy atom. The molecule has 8 heteroatoms. The van der Waals surface area contributed by atoms with E-state index in [0.29, 0.717) is 23.9 Å². The molecular formula is C18H17N5O2S. The maximum atomic E-state index is 8.68. The molecule has 132 valence electrons. The van der Waals surface area contributed by atoms with Crippen molar-refractivity contribution in [2.45, 2.75) is 11.6 Å². The van der Waals surface area contributed by atoms with Crippen LogP contribution in [0.4, 0.5) is 0 Å². The molecular weight excluding hydrogens is 350 g/mol. The summed E-state index contributed by atoms with van der Waals surface area (Å²) in [6, 6.07) is 17.2. The van der Waals surface area contributed by atoms with Gasteiger partial charge in [0.05, 0.1) is 31.9 Å². The van der Waals surface area contributed by atoms with Crippen molar-refractivity contribution in [3.05, 3.63) is 54.1 Å². The van der Waals surface area contributed by atoms with E-state index in [9.17, 15) is 0 Å². The highest BCUT2D eigenvalue weighted by Crippen LogP contribution is 2.20. The van der Waals surface area contributed by atoms with Crippen molar-refractivity contribution < 1.29 is 9.47 Å². The smallest absolute Gasteiger partial charge is 0.214 e. The van der Waals surface area contributed by atoms with Crippen LogP contribution in [0, 0.1) is 11.3 Å². The molecule has 0 N–H and O–H groups in total. The van der Waals surface area contributed by atoms with Gasteiger partial charge in [-0.1, -0.05) is 23.9 Å². The average Bonchev–Trinajstić information content (AvgIpc) is 3.15. The summed E-state index contributed by atoms with van der Waals surface area (Å²) in [4.78, 5) is 0. The second-order valence-electron chi connectivity index (χ2n) is 5.25. The van der Waals surface area contributed by atoms with Gasteiger partial charge in [-0.15, -0.1) is 5.10 Å². The van der Waals surface area contributed by atoms with Crippen LogP contribution in [0.5, 0.6) is 11.5 Å². The Morgan fingerprint density at radius 3 is 2.50 bits per heavy atom. The minimum Gasteiger partial charge on any atom is -0.497 e. The summed E-state index contributed by atoms with van der Waals surface area (Å²) in [6.07, 6.45) is 0.407. The summed E-state index contributed by atoms with van der Waals surface area (Å²) in [5.74, 6) is 2.27. The van der Waals surface area contributed by atoms with Gasteiger partial charge in [-0.25, -0.2) is 0 Å². The molecule has 0 atom stereocenters. The molecule has 3 rings (SSSR count). The molecule has 1 heterocycles. The average molecular weight is 367 g/mol. The van der Waals surface area contributed by atoms with E-state index in [1.807, 2.05) is 48.5 Å². The van der Waals surface area contributed by atoms with Gasteiger partial charge in [-0.05, 0) is 52.4 Å². The number of nitriles is 1. The molecule has 0 aliphatic heterocycles. The topological polar surface area (TPSA) is 85.8 Å². The van der Waals surface area contributed by atoms with Gasteiger partial charge in [0.2, 0.25) is 5.16 Å². The maximum absolute atomic E-state index is 8.68. The molecule has 2 aromatic carbocycles. The Hall–Kier alpha value is -3.05. The fourth-order valence-corrected chi connectivity index (χ4v) is 2.95. The van der Waals surface area contributed by atoms with Gasteiger partial charge in [0.15, 0.2) is 0 Å². The first-order valence-corrected chi connectivity index (χ1v) is 8.93. The van der Waals surface area contributed by atoms with E-state index < -0.39 is 0 Å². The Bertz CT molecular complexity index is 872. The van der Waals surface area contributed by atoms with Crippen molar-refractivity contribution in [2.75, 3.05) is 19.5 Å². The van der Waals surface area contributed by atoms with Crippen molar-refractivity contribution in [3.8, 4) is 23.3 Å². The van der Waals surface area contributed by atoms with Crippen molar-refractivity contribution in [2.24, 2.45) is 0 Å². The highest BCUT2D eigenvalue weighted by atomic mass is 32.2. The fraction of sp³-hybridized carbons (Fsp3) is 0.222. The van der Waals surface area contributed by atoms with Crippen LogP contribution in [0.2, 0.25) is 0 Å². The molecule has 0 saturated carbocycles. The Balaban J connectivity index is 1.52. The van der Waals surface area contributed by atoms with Crippen LogP contribution < -0.4 is 9.47 Å². The van der Waals surface area contributed by atoms with E-state index >= 15 is 0 Å². The third kappa shape index (κ3) is 4.52. The summed E-state index contributed by atoms with van der Waals surface area (Å²) in [5, 5.41) is 21.2. The first kappa shape index (κ1) is 17.8. The number of benzene rings is 2. The van der Waals surface area contributed by atoms with Gasteiger partial charge in [-0.3, -0.25) is 0 Å². The summed E-state index contributed by atoms with van der Waals surface area (Å²) in [5.41, 5.74) is 1.85. The quantitative estimate of drug-likeness (QED) is 0.447. The molecule has 0 saturated heterocycles. The molecule has 0 spiro atoms. The molecule has 0 aliphatic rings. The zero-order valence-electron chi connectivity index (χ0n) is 14.2. The number of hydrogen-bond acceptors (Lipinski definition) is 7. The number of methoxy groups -OCH3 is 1. The van der Waals surface area contributed by atoms with Crippen LogP contribution in [0.1, 0.15) is 5.56 Å². The Morgan fingerprint density at radius 1 is 1.08 bits per heavy atom. The van der Waals surface area contributed by atoms with E-state index in [-0.39, 0.29) is 0 Å². The second-order valence-corrected chi connectivity index (χ2v) is 6.31. The summed E-state index contributed by atoms with van der Waals surface area (Å²) in [7, 11) is 1.63. The largest absolute Gasteiger partial charge is 0.497 e. The normalized spacial score (nSPS) is 10.3. The van der Waals surface area contributed by atoms with E-state index in [4.69, 9.17) is 14.7 Å². The Labute approximate surface area is 155 Å². The lowest BCUT2D eigenvalue weighted by Gasteiger charge is -2.07. The highest BCUT2D eigenvalue weighted by Gasteiger charge is 2.09. The lowest BCUT2D eigenvalue weighted by atomic mass is 10.2. The number of tetrazole rings is 1. The molecule has 26 heavy (non-hydrogen) atoms. The zero-order valence-corrected chi connectivity index (χ0v) is 15.0. The van der Waals surface area contributed by atoms with Gasteiger partial charge >= 0.3 is 0 Å². The Kier molecular flexibility index (Phi) is 6.06. The van der Waals surface area contributed by atoms with Crippen LogP contribution in [-0.2, 0) is 6.42 Å². The minimum absolute atomic E-state index is 0.407. The number of aromatic nitrogens is 4. The fourth-order valence-electron chi connectivity index (χ4n) is 2.24. The number of rotatable bonds is 8. The number of nitrogens with zero attached hydrogens (tertiary/aromatic N) is 5. The van der Waals surface area contributed by atoms with Crippen LogP contribution in [0.15, 0.2) is 53.7 Å². The second kappa shape index (κ2) is 8.87. The van der Waals surface area contributed by atoms with Gasteiger partial charge in [0.1, 0.15) is 11.5 Å². The standard InChI is InChI=1S/C18H17N5O2S/c1-24-16-8-4-15(5-9-16)23-18(20-21-22-23)26-13-12-25-17-6-2-14(3-7-17)10-11-19/h2-9H,10,12-13H2,1H3. The predicted octanol–water partition coefficient (Wildman–Crippen LogP) is 2.91. The molecule has 7 nitrogen and oxygen atoms in total. The van der Waals surface area contributed by atoms with Crippen molar-refractivity contribution >= 4 is 11.8 Å². The first-order valence-electron chi connectivity index (χ1n) is 7.94. The molecule has 3 aromatic rings. The van der Waals surface area contributed by atoms with Crippen molar-refractivity contribution in [1.82, 2.24) is 20.2 Å². The van der Waals surface area contributed by atoms with Crippen LogP contribution in [0.25, 0.3) is 5.69 Å². The lowest BCUT2D eigenvalue weighted by molar-refractivity contribution is 0.343. The third-order valence-electron chi connectivity index (χ3n) is 3.55. The maximum Gasteiger partial charge on any atom is 0.214 e. The van der Waals surface area contributed by atoms with Crippen LogP contribution >= 0.6 is 11.8 Å². The van der Waals surface area contributed by atoms with E-state index in [1.165, 1.54) is 11.8 Å². The molecule has 0 fully saturated rings. The van der Waals surface area contributed by atoms with Crippen LogP contribution in [0.3, 0.4) is 0 Å². The summed E-state index contributed by atoms with van der Waals surface area (Å²) in [6.45, 7) is 0.526. The SMILES string of the molecule is COc1ccc(-n2nnnc2SCCOc2ccc(CC#N)cc2)cc1. The number of thioether (sulfide) groups is 1. The molecule has 1 aromatic heterocycles. The zero-order chi connectivity index (χ0) is 18.2. The van der Waals surface area contributed by atoms with Gasteiger partial charge in [0, 0.05) is 5.75 Å². The van der Waals surface area contributed by atoms with Crippen molar-refractivity contribution in [3.63, 3.8) is 0 Å². The highest BCUT2D eigenvalue weighted by molar-refractivity contribution is 7.99. The first-order chi connectivity index (χ1) is 12.8. The van der Waals surface area contributed by atoms with Gasteiger partial charge in [0.25, 0.3) is 0 Å². The molecule has 0 bridgehead atoms. The van der Waals surface area contributed by atoms with Gasteiger partial charge < -0.3 is 9.47 Å². The van der Waals surface area contributed by atoms with E-state index in [2.05, 4.69) is 21.6 Å². The van der Waals surface area contributed by atoms with E-state index in [0.717, 1.165) is 22.7 Å². The molecule has 0 radical (unpaired) electrons. The summed E-state index contributed by atoms with van der Waals surface area (Å²) < 4.78 is 12.6. The predicted molar refractivity (Wildman–Crippen MR) is 97.7 cm³/mol. The number of ether oxygens (including phenoxy) is 2. The number of hydrogen-bond donors (Lipinski definition) is 0. The minimum atomic E-state index is 0.407.